The number of hydrazine groups is 1. The number of halogens is 3. The quantitative estimate of drug-likeness (QED) is 0.775. The molecule has 0 aromatic carbocycles. The van der Waals surface area contributed by atoms with Crippen LogP contribution in [0.1, 0.15) is 44.9 Å². The van der Waals surface area contributed by atoms with Crippen molar-refractivity contribution in [1.82, 2.24) is 20.7 Å². The van der Waals surface area contributed by atoms with Gasteiger partial charge in [-0.05, 0) is 44.4 Å². The SMILES string of the molecule is FC1CCC(C2NNCC2CN2CCN(C3CCC(F)CC3F)CC2)CC1. The van der Waals surface area contributed by atoms with Crippen molar-refractivity contribution < 1.29 is 13.2 Å². The topological polar surface area (TPSA) is 30.5 Å². The van der Waals surface area contributed by atoms with E-state index in [0.717, 1.165) is 52.1 Å². The third-order valence-electron chi connectivity index (χ3n) is 7.39. The molecule has 2 saturated heterocycles. The minimum Gasteiger partial charge on any atom is -0.300 e. The van der Waals surface area contributed by atoms with Crippen LogP contribution < -0.4 is 10.9 Å². The first-order valence-electron chi connectivity index (χ1n) is 11.0. The Morgan fingerprint density at radius 2 is 1.52 bits per heavy atom. The second-order valence-corrected chi connectivity index (χ2v) is 9.15. The highest BCUT2D eigenvalue weighted by Crippen LogP contribution is 2.33. The van der Waals surface area contributed by atoms with Crippen LogP contribution in [-0.4, -0.2) is 79.7 Å². The van der Waals surface area contributed by atoms with E-state index >= 15 is 0 Å². The lowest BCUT2D eigenvalue weighted by molar-refractivity contribution is 0.0116. The molecule has 0 amide bonds. The van der Waals surface area contributed by atoms with Gasteiger partial charge in [-0.15, -0.1) is 0 Å². The molecule has 0 radical (unpaired) electrons. The van der Waals surface area contributed by atoms with Gasteiger partial charge < -0.3 is 4.90 Å². The predicted octanol–water partition coefficient (Wildman–Crippen LogP) is 2.45. The van der Waals surface area contributed by atoms with E-state index in [-0.39, 0.29) is 12.5 Å². The Kier molecular flexibility index (Phi) is 6.62. The van der Waals surface area contributed by atoms with Gasteiger partial charge in [-0.25, -0.2) is 13.2 Å². The Morgan fingerprint density at radius 3 is 2.22 bits per heavy atom. The lowest BCUT2D eigenvalue weighted by Gasteiger charge is -2.43. The molecule has 5 atom stereocenters. The fourth-order valence-electron chi connectivity index (χ4n) is 5.74. The average molecular weight is 389 g/mol. The number of hydrogen-bond acceptors (Lipinski definition) is 4. The average Bonchev–Trinajstić information content (AvgIpc) is 3.11. The number of piperazine rings is 1. The zero-order chi connectivity index (χ0) is 18.8. The number of nitrogens with zero attached hydrogens (tertiary/aromatic N) is 2. The van der Waals surface area contributed by atoms with Gasteiger partial charge in [-0.1, -0.05) is 0 Å². The van der Waals surface area contributed by atoms with Crippen molar-refractivity contribution in [2.24, 2.45) is 11.8 Å². The molecule has 0 bridgehead atoms. The van der Waals surface area contributed by atoms with Crippen molar-refractivity contribution in [3.05, 3.63) is 0 Å². The number of hydrogen-bond donors (Lipinski definition) is 2. The summed E-state index contributed by atoms with van der Waals surface area (Å²) in [7, 11) is 0. The fraction of sp³-hybridized carbons (Fsp3) is 1.00. The monoisotopic (exact) mass is 388 g/mol. The summed E-state index contributed by atoms with van der Waals surface area (Å²) in [6, 6.07) is 0.350. The molecule has 4 aliphatic rings. The molecule has 4 rings (SSSR count). The van der Waals surface area contributed by atoms with E-state index in [1.807, 2.05) is 0 Å². The van der Waals surface area contributed by atoms with E-state index in [2.05, 4.69) is 20.7 Å². The summed E-state index contributed by atoms with van der Waals surface area (Å²) in [5.41, 5.74) is 6.78. The van der Waals surface area contributed by atoms with Crippen LogP contribution in [0.4, 0.5) is 13.2 Å². The van der Waals surface area contributed by atoms with Crippen LogP contribution in [-0.2, 0) is 0 Å². The summed E-state index contributed by atoms with van der Waals surface area (Å²) in [5, 5.41) is 0. The van der Waals surface area contributed by atoms with Gasteiger partial charge >= 0.3 is 0 Å². The molecular weight excluding hydrogens is 353 g/mol. The first kappa shape index (κ1) is 19.9. The highest BCUT2D eigenvalue weighted by Gasteiger charge is 2.39. The maximum Gasteiger partial charge on any atom is 0.118 e. The zero-order valence-electron chi connectivity index (χ0n) is 16.3. The van der Waals surface area contributed by atoms with Crippen LogP contribution in [0.3, 0.4) is 0 Å². The molecule has 27 heavy (non-hydrogen) atoms. The van der Waals surface area contributed by atoms with E-state index in [9.17, 15) is 13.2 Å². The van der Waals surface area contributed by atoms with Crippen LogP contribution in [0.15, 0.2) is 0 Å². The van der Waals surface area contributed by atoms with E-state index in [4.69, 9.17) is 0 Å². The second-order valence-electron chi connectivity index (χ2n) is 9.15. The summed E-state index contributed by atoms with van der Waals surface area (Å²) in [6.45, 7) is 5.70. The van der Waals surface area contributed by atoms with Crippen molar-refractivity contribution in [2.75, 3.05) is 39.3 Å². The fourth-order valence-corrected chi connectivity index (χ4v) is 5.74. The van der Waals surface area contributed by atoms with Gasteiger partial charge in [0, 0.05) is 63.7 Å². The summed E-state index contributed by atoms with van der Waals surface area (Å²) < 4.78 is 41.1. The van der Waals surface area contributed by atoms with E-state index < -0.39 is 18.5 Å². The Labute approximate surface area is 161 Å². The summed E-state index contributed by atoms with van der Waals surface area (Å²) >= 11 is 0. The lowest BCUT2D eigenvalue weighted by atomic mass is 9.79. The van der Waals surface area contributed by atoms with Crippen LogP contribution in [0, 0.1) is 11.8 Å². The minimum absolute atomic E-state index is 0.0765. The van der Waals surface area contributed by atoms with Crippen molar-refractivity contribution in [1.29, 1.82) is 0 Å². The summed E-state index contributed by atoms with van der Waals surface area (Å²) in [4.78, 5) is 4.75. The molecule has 2 N–H and O–H groups in total. The first-order chi connectivity index (χ1) is 13.1. The highest BCUT2D eigenvalue weighted by molar-refractivity contribution is 4.93. The van der Waals surface area contributed by atoms with Crippen molar-refractivity contribution in [2.45, 2.75) is 75.5 Å². The van der Waals surface area contributed by atoms with Crippen LogP contribution in [0.25, 0.3) is 0 Å². The Balaban J connectivity index is 1.24. The molecule has 0 aromatic rings. The van der Waals surface area contributed by atoms with Crippen molar-refractivity contribution in [3.8, 4) is 0 Å². The Morgan fingerprint density at radius 1 is 0.815 bits per heavy atom. The number of nitrogens with one attached hydrogen (secondary N) is 2. The molecule has 4 nitrogen and oxygen atoms in total. The summed E-state index contributed by atoms with van der Waals surface area (Å²) in [6.07, 6.45) is 2.05. The van der Waals surface area contributed by atoms with Gasteiger partial charge in [0.25, 0.3) is 0 Å². The normalized spacial score (nSPS) is 45.2. The molecule has 0 aromatic heterocycles. The van der Waals surface area contributed by atoms with Crippen molar-refractivity contribution >= 4 is 0 Å². The van der Waals surface area contributed by atoms with Gasteiger partial charge in [-0.2, -0.15) is 0 Å². The largest absolute Gasteiger partial charge is 0.300 e. The molecule has 4 fully saturated rings. The van der Waals surface area contributed by atoms with E-state index in [0.29, 0.717) is 43.6 Å². The van der Waals surface area contributed by atoms with Crippen LogP contribution in [0.5, 0.6) is 0 Å². The molecule has 2 heterocycles. The van der Waals surface area contributed by atoms with Gasteiger partial charge in [-0.3, -0.25) is 15.8 Å². The molecule has 2 aliphatic carbocycles. The number of alkyl halides is 3. The van der Waals surface area contributed by atoms with Crippen molar-refractivity contribution in [3.63, 3.8) is 0 Å². The van der Waals surface area contributed by atoms with Gasteiger partial charge in [0.2, 0.25) is 0 Å². The highest BCUT2D eigenvalue weighted by atomic mass is 19.1. The van der Waals surface area contributed by atoms with Gasteiger partial charge in [0.15, 0.2) is 0 Å². The van der Waals surface area contributed by atoms with Crippen LogP contribution >= 0.6 is 0 Å². The molecule has 2 aliphatic heterocycles. The Bertz CT molecular complexity index is 466. The van der Waals surface area contributed by atoms with E-state index in [1.54, 1.807) is 0 Å². The minimum atomic E-state index is -1.02. The number of rotatable bonds is 4. The standard InChI is InChI=1S/C20H35F3N4/c21-16-3-1-14(2-4-16)20-15(12-24-25-20)13-26-7-9-27(10-8-26)19-6-5-17(22)11-18(19)23/h14-20,24-25H,1-13H2. The van der Waals surface area contributed by atoms with Gasteiger partial charge in [0.05, 0.1) is 0 Å². The smallest absolute Gasteiger partial charge is 0.118 e. The van der Waals surface area contributed by atoms with E-state index in [1.165, 1.54) is 0 Å². The third-order valence-corrected chi connectivity index (χ3v) is 7.39. The lowest BCUT2D eigenvalue weighted by Crippen LogP contribution is -2.55. The molecule has 5 unspecified atom stereocenters. The molecule has 7 heteroatoms. The predicted molar refractivity (Wildman–Crippen MR) is 101 cm³/mol. The molecule has 2 saturated carbocycles. The molecule has 156 valence electrons. The maximum atomic E-state index is 14.3. The Hall–Kier alpha value is -0.370. The zero-order valence-corrected chi connectivity index (χ0v) is 16.3. The van der Waals surface area contributed by atoms with Crippen LogP contribution in [0.2, 0.25) is 0 Å². The second kappa shape index (κ2) is 8.97. The summed E-state index contributed by atoms with van der Waals surface area (Å²) in [5.74, 6) is 1.12. The first-order valence-corrected chi connectivity index (χ1v) is 11.0. The third kappa shape index (κ3) is 4.80. The maximum absolute atomic E-state index is 14.3. The van der Waals surface area contributed by atoms with Gasteiger partial charge in [0.1, 0.15) is 18.5 Å². The molecular formula is C20H35F3N4. The molecule has 0 spiro atoms.